The molecule has 1 unspecified atom stereocenters. The van der Waals surface area contributed by atoms with Crippen molar-refractivity contribution in [3.63, 3.8) is 0 Å². The molecule has 0 bridgehead atoms. The van der Waals surface area contributed by atoms with E-state index >= 15 is 0 Å². The van der Waals surface area contributed by atoms with Gasteiger partial charge in [0.1, 0.15) is 0 Å². The second-order valence-electron chi connectivity index (χ2n) is 3.77. The third-order valence-electron chi connectivity index (χ3n) is 2.58. The van der Waals surface area contributed by atoms with E-state index < -0.39 is 15.3 Å². The van der Waals surface area contributed by atoms with Crippen molar-refractivity contribution in [3.8, 4) is 0 Å². The molecule has 5 heteroatoms. The Hall–Kier alpha value is -0.130. The first-order valence-corrected chi connectivity index (χ1v) is 6.57. The predicted molar refractivity (Wildman–Crippen MR) is 55.7 cm³/mol. The largest absolute Gasteiger partial charge is 0.383 e. The second kappa shape index (κ2) is 5.09. The average molecular weight is 221 g/mol. The molecule has 0 radical (unpaired) electrons. The smallest absolute Gasteiger partial charge is 0.218 e. The summed E-state index contributed by atoms with van der Waals surface area (Å²) in [6, 6.07) is 0. The molecule has 4 nitrogen and oxygen atoms in total. The lowest BCUT2D eigenvalue weighted by atomic mass is 10.2. The maximum Gasteiger partial charge on any atom is 0.218 e. The molecule has 1 aliphatic heterocycles. The fraction of sp³-hybridized carbons (Fsp3) is 1.00. The lowest BCUT2D eigenvalue weighted by molar-refractivity contribution is 0.197. The number of rotatable bonds is 4. The zero-order valence-corrected chi connectivity index (χ0v) is 9.72. The normalized spacial score (nSPS) is 22.1. The first-order valence-electron chi connectivity index (χ1n) is 5.07. The van der Waals surface area contributed by atoms with Crippen LogP contribution in [0.5, 0.6) is 0 Å². The summed E-state index contributed by atoms with van der Waals surface area (Å²) in [5, 5.41) is -0.425. The van der Waals surface area contributed by atoms with Crippen LogP contribution in [0.25, 0.3) is 0 Å². The van der Waals surface area contributed by atoms with Gasteiger partial charge < -0.3 is 4.74 Å². The van der Waals surface area contributed by atoms with Crippen molar-refractivity contribution in [3.05, 3.63) is 0 Å². The molecule has 1 aliphatic rings. The predicted octanol–water partition coefficient (Wildman–Crippen LogP) is 0.837. The number of nitrogens with zero attached hydrogens (tertiary/aromatic N) is 1. The van der Waals surface area contributed by atoms with E-state index in [1.54, 1.807) is 11.2 Å². The molecule has 1 atom stereocenters. The van der Waals surface area contributed by atoms with Crippen LogP contribution in [0.2, 0.25) is 0 Å². The zero-order valence-electron chi connectivity index (χ0n) is 8.90. The molecule has 84 valence electrons. The molecule has 1 heterocycles. The monoisotopic (exact) mass is 221 g/mol. The number of piperidine rings is 1. The summed E-state index contributed by atoms with van der Waals surface area (Å²) in [7, 11) is -1.59. The molecule has 0 aromatic carbocycles. The van der Waals surface area contributed by atoms with Gasteiger partial charge in [0.15, 0.2) is 0 Å². The summed E-state index contributed by atoms with van der Waals surface area (Å²) in [5.41, 5.74) is 0. The lowest BCUT2D eigenvalue weighted by Crippen LogP contribution is -2.42. The van der Waals surface area contributed by atoms with Gasteiger partial charge in [0.25, 0.3) is 0 Å². The summed E-state index contributed by atoms with van der Waals surface area (Å²) in [4.78, 5) is 0. The topological polar surface area (TPSA) is 46.6 Å². The second-order valence-corrected chi connectivity index (χ2v) is 6.12. The minimum atomic E-state index is -3.12. The maximum absolute atomic E-state index is 11.9. The fourth-order valence-electron chi connectivity index (χ4n) is 1.69. The molecule has 0 aliphatic carbocycles. The van der Waals surface area contributed by atoms with Crippen molar-refractivity contribution in [2.75, 3.05) is 26.8 Å². The quantitative estimate of drug-likeness (QED) is 0.706. The van der Waals surface area contributed by atoms with Crippen LogP contribution >= 0.6 is 0 Å². The molecule has 0 aromatic rings. The van der Waals surface area contributed by atoms with Crippen LogP contribution in [-0.4, -0.2) is 44.8 Å². The van der Waals surface area contributed by atoms with E-state index in [-0.39, 0.29) is 6.61 Å². The van der Waals surface area contributed by atoms with Crippen LogP contribution in [0.15, 0.2) is 0 Å². The Bertz CT molecular complexity index is 257. The zero-order chi connectivity index (χ0) is 10.6. The van der Waals surface area contributed by atoms with E-state index in [0.29, 0.717) is 13.1 Å². The van der Waals surface area contributed by atoms with Gasteiger partial charge in [0.05, 0.1) is 11.9 Å². The van der Waals surface area contributed by atoms with Gasteiger partial charge in [-0.2, -0.15) is 0 Å². The van der Waals surface area contributed by atoms with Gasteiger partial charge in [0, 0.05) is 20.2 Å². The number of sulfonamides is 1. The van der Waals surface area contributed by atoms with E-state index in [1.165, 1.54) is 7.11 Å². The van der Waals surface area contributed by atoms with Crippen molar-refractivity contribution in [2.45, 2.75) is 31.4 Å². The molecule has 1 saturated heterocycles. The van der Waals surface area contributed by atoms with E-state index in [2.05, 4.69) is 0 Å². The van der Waals surface area contributed by atoms with E-state index in [0.717, 1.165) is 19.3 Å². The lowest BCUT2D eigenvalue weighted by Gasteiger charge is -2.28. The highest BCUT2D eigenvalue weighted by Gasteiger charge is 2.29. The Labute approximate surface area is 86.3 Å². The Balaban J connectivity index is 2.62. The van der Waals surface area contributed by atoms with Gasteiger partial charge in [-0.05, 0) is 19.8 Å². The Morgan fingerprint density at radius 2 is 1.86 bits per heavy atom. The first kappa shape index (κ1) is 11.9. The Morgan fingerprint density at radius 3 is 2.36 bits per heavy atom. The van der Waals surface area contributed by atoms with Crippen LogP contribution in [0.3, 0.4) is 0 Å². The van der Waals surface area contributed by atoms with Crippen LogP contribution in [0.1, 0.15) is 26.2 Å². The molecule has 0 aromatic heterocycles. The van der Waals surface area contributed by atoms with Crippen molar-refractivity contribution in [1.29, 1.82) is 0 Å². The van der Waals surface area contributed by atoms with Crippen LogP contribution in [-0.2, 0) is 14.8 Å². The molecular weight excluding hydrogens is 202 g/mol. The summed E-state index contributed by atoms with van der Waals surface area (Å²) in [5.74, 6) is 0. The summed E-state index contributed by atoms with van der Waals surface area (Å²) >= 11 is 0. The van der Waals surface area contributed by atoms with Gasteiger partial charge >= 0.3 is 0 Å². The molecule has 0 N–H and O–H groups in total. The summed E-state index contributed by atoms with van der Waals surface area (Å²) in [6.07, 6.45) is 3.11. The first-order chi connectivity index (χ1) is 6.59. The van der Waals surface area contributed by atoms with E-state index in [9.17, 15) is 8.42 Å². The molecule has 1 fully saturated rings. The van der Waals surface area contributed by atoms with Crippen molar-refractivity contribution in [1.82, 2.24) is 4.31 Å². The number of methoxy groups -OCH3 is 1. The Morgan fingerprint density at radius 1 is 1.29 bits per heavy atom. The SMILES string of the molecule is COCC(C)S(=O)(=O)N1CCCCC1. The van der Waals surface area contributed by atoms with Gasteiger partial charge in [-0.15, -0.1) is 0 Å². The molecular formula is C9H19NO3S. The van der Waals surface area contributed by atoms with E-state index in [1.807, 2.05) is 0 Å². The molecule has 0 spiro atoms. The summed E-state index contributed by atoms with van der Waals surface area (Å²) < 4.78 is 30.3. The molecule has 14 heavy (non-hydrogen) atoms. The van der Waals surface area contributed by atoms with Crippen molar-refractivity contribution >= 4 is 10.0 Å². The van der Waals surface area contributed by atoms with Gasteiger partial charge in [-0.25, -0.2) is 12.7 Å². The van der Waals surface area contributed by atoms with Gasteiger partial charge in [-0.1, -0.05) is 6.42 Å². The molecule has 0 saturated carbocycles. The third kappa shape index (κ3) is 2.68. The van der Waals surface area contributed by atoms with Crippen LogP contribution < -0.4 is 0 Å². The molecule has 0 amide bonds. The van der Waals surface area contributed by atoms with Crippen LogP contribution in [0, 0.1) is 0 Å². The van der Waals surface area contributed by atoms with Crippen LogP contribution in [0.4, 0.5) is 0 Å². The Kier molecular flexibility index (Phi) is 4.34. The minimum absolute atomic E-state index is 0.277. The van der Waals surface area contributed by atoms with E-state index in [4.69, 9.17) is 4.74 Å². The van der Waals surface area contributed by atoms with Gasteiger partial charge in [0.2, 0.25) is 10.0 Å². The third-order valence-corrected chi connectivity index (χ3v) is 4.82. The van der Waals surface area contributed by atoms with Gasteiger partial charge in [-0.3, -0.25) is 0 Å². The highest BCUT2D eigenvalue weighted by Crippen LogP contribution is 2.16. The highest BCUT2D eigenvalue weighted by atomic mass is 32.2. The summed E-state index contributed by atoms with van der Waals surface area (Å²) in [6.45, 7) is 3.33. The highest BCUT2D eigenvalue weighted by molar-refractivity contribution is 7.89. The maximum atomic E-state index is 11.9. The average Bonchev–Trinajstić information content (AvgIpc) is 2.19. The standard InChI is InChI=1S/C9H19NO3S/c1-9(8-13-2)14(11,12)10-6-4-3-5-7-10/h9H,3-8H2,1-2H3. The minimum Gasteiger partial charge on any atom is -0.383 e. The van der Waals surface area contributed by atoms with Crippen molar-refractivity contribution < 1.29 is 13.2 Å². The number of hydrogen-bond acceptors (Lipinski definition) is 3. The fourth-order valence-corrected chi connectivity index (χ4v) is 3.28. The van der Waals surface area contributed by atoms with Crippen molar-refractivity contribution in [2.24, 2.45) is 0 Å². The number of hydrogen-bond donors (Lipinski definition) is 0. The number of ether oxygens (including phenoxy) is 1. The molecule has 1 rings (SSSR count).